The van der Waals surface area contributed by atoms with Crippen LogP contribution in [0.5, 0.6) is 0 Å². The molecule has 4 heteroatoms. The maximum atomic E-state index is 12.7. The van der Waals surface area contributed by atoms with E-state index in [1.807, 2.05) is 56.3 Å². The second kappa shape index (κ2) is 5.90. The molecule has 1 aromatic heterocycles. The van der Waals surface area contributed by atoms with Gasteiger partial charge in [-0.25, -0.2) is 9.53 Å². The third-order valence-corrected chi connectivity index (χ3v) is 3.78. The number of aryl methyl sites for hydroxylation is 1. The summed E-state index contributed by atoms with van der Waals surface area (Å²) in [5, 5.41) is 4.50. The zero-order valence-corrected chi connectivity index (χ0v) is 12.9. The largest absolute Gasteiger partial charge is 0.288 e. The van der Waals surface area contributed by atoms with Gasteiger partial charge in [0.15, 0.2) is 11.5 Å². The van der Waals surface area contributed by atoms with Crippen LogP contribution in [0.25, 0.3) is 10.5 Å². The van der Waals surface area contributed by atoms with Crippen LogP contribution in [-0.2, 0) is 0 Å². The van der Waals surface area contributed by atoms with Gasteiger partial charge in [-0.05, 0) is 26.0 Å². The molecule has 3 aromatic rings. The van der Waals surface area contributed by atoms with Crippen LogP contribution in [0.2, 0.25) is 0 Å². The highest BCUT2D eigenvalue weighted by Gasteiger charge is 2.20. The summed E-state index contributed by atoms with van der Waals surface area (Å²) in [6.45, 7) is 10.7. The number of hydrogen-bond acceptors (Lipinski definition) is 2. The van der Waals surface area contributed by atoms with Crippen molar-refractivity contribution >= 4 is 11.5 Å². The topological polar surface area (TPSA) is 39.2 Å². The van der Waals surface area contributed by atoms with Gasteiger partial charge < -0.3 is 0 Å². The van der Waals surface area contributed by atoms with Crippen molar-refractivity contribution in [3.63, 3.8) is 0 Å². The second-order valence-electron chi connectivity index (χ2n) is 5.28. The molecule has 0 aliphatic rings. The van der Waals surface area contributed by atoms with Gasteiger partial charge in [0.25, 0.3) is 0 Å². The Balaban J connectivity index is 2.06. The summed E-state index contributed by atoms with van der Waals surface area (Å²) in [5.74, 6) is -0.0235. The van der Waals surface area contributed by atoms with Crippen molar-refractivity contribution in [3.05, 3.63) is 88.5 Å². The highest BCUT2D eigenvalue weighted by molar-refractivity contribution is 6.10. The lowest BCUT2D eigenvalue weighted by Crippen LogP contribution is -2.05. The summed E-state index contributed by atoms with van der Waals surface area (Å²) >= 11 is 0. The van der Waals surface area contributed by atoms with Crippen molar-refractivity contribution in [1.29, 1.82) is 0 Å². The summed E-state index contributed by atoms with van der Waals surface area (Å²) in [6, 6.07) is 16.4. The number of carbonyl (C=O) groups excluding carboxylic acids is 1. The highest BCUT2D eigenvalue weighted by atomic mass is 16.1. The normalized spacial score (nSPS) is 10.3. The number of rotatable bonds is 3. The average molecular weight is 301 g/mol. The molecule has 0 amide bonds. The molecule has 0 bridgehead atoms. The lowest BCUT2D eigenvalue weighted by molar-refractivity contribution is 0.103. The molecule has 4 nitrogen and oxygen atoms in total. The Bertz CT molecular complexity index is 900. The van der Waals surface area contributed by atoms with Gasteiger partial charge in [-0.15, -0.1) is 0 Å². The van der Waals surface area contributed by atoms with Crippen molar-refractivity contribution in [2.75, 3.05) is 0 Å². The molecule has 23 heavy (non-hydrogen) atoms. The third kappa shape index (κ3) is 2.65. The van der Waals surface area contributed by atoms with Crippen LogP contribution in [0.4, 0.5) is 5.69 Å². The Morgan fingerprint density at radius 2 is 1.70 bits per heavy atom. The van der Waals surface area contributed by atoms with Crippen molar-refractivity contribution in [2.45, 2.75) is 13.8 Å². The van der Waals surface area contributed by atoms with Gasteiger partial charge in [0, 0.05) is 5.56 Å². The van der Waals surface area contributed by atoms with E-state index in [0.29, 0.717) is 22.5 Å². The molecule has 0 aliphatic carbocycles. The first-order valence-corrected chi connectivity index (χ1v) is 7.25. The maximum Gasteiger partial charge on any atom is 0.196 e. The first-order chi connectivity index (χ1) is 11.1. The minimum atomic E-state index is -0.0235. The van der Waals surface area contributed by atoms with E-state index in [1.165, 1.54) is 0 Å². The summed E-state index contributed by atoms with van der Waals surface area (Å²) < 4.78 is 1.75. The summed E-state index contributed by atoms with van der Waals surface area (Å²) in [4.78, 5) is 16.1. The van der Waals surface area contributed by atoms with E-state index in [2.05, 4.69) is 9.94 Å². The predicted octanol–water partition coefficient (Wildman–Crippen LogP) is 4.27. The Morgan fingerprint density at radius 1 is 1.04 bits per heavy atom. The number of aromatic nitrogens is 2. The summed E-state index contributed by atoms with van der Waals surface area (Å²) in [6.07, 6.45) is 0. The number of hydrogen-bond donors (Lipinski definition) is 0. The van der Waals surface area contributed by atoms with Crippen LogP contribution < -0.4 is 0 Å². The van der Waals surface area contributed by atoms with E-state index in [-0.39, 0.29) is 5.78 Å². The zero-order valence-electron chi connectivity index (χ0n) is 12.9. The van der Waals surface area contributed by atoms with Crippen molar-refractivity contribution in [2.24, 2.45) is 0 Å². The van der Waals surface area contributed by atoms with Crippen LogP contribution in [-0.4, -0.2) is 15.6 Å². The first kappa shape index (κ1) is 14.7. The molecule has 0 aliphatic heterocycles. The van der Waals surface area contributed by atoms with Gasteiger partial charge in [-0.2, -0.15) is 5.10 Å². The van der Waals surface area contributed by atoms with E-state index in [9.17, 15) is 4.79 Å². The molecule has 1 heterocycles. The summed E-state index contributed by atoms with van der Waals surface area (Å²) in [7, 11) is 0. The average Bonchev–Trinajstić information content (AvgIpc) is 2.89. The Hall–Kier alpha value is -3.19. The lowest BCUT2D eigenvalue weighted by atomic mass is 10.0. The minimum absolute atomic E-state index is 0.0235. The molecule has 0 fully saturated rings. The SMILES string of the molecule is [C-]#[N+]c1ccc(-n2nc(C)c(C(=O)c3ccccc3)c2C)cc1. The molecule has 0 atom stereocenters. The van der Waals surface area contributed by atoms with E-state index in [4.69, 9.17) is 6.57 Å². The van der Waals surface area contributed by atoms with Crippen LogP contribution >= 0.6 is 0 Å². The van der Waals surface area contributed by atoms with Crippen LogP contribution in [0.15, 0.2) is 54.6 Å². The second-order valence-corrected chi connectivity index (χ2v) is 5.28. The van der Waals surface area contributed by atoms with Gasteiger partial charge in [-0.1, -0.05) is 42.5 Å². The summed E-state index contributed by atoms with van der Waals surface area (Å²) in [5.41, 5.74) is 4.20. The van der Waals surface area contributed by atoms with Crippen LogP contribution in [0, 0.1) is 20.4 Å². The Morgan fingerprint density at radius 3 is 2.30 bits per heavy atom. The first-order valence-electron chi connectivity index (χ1n) is 7.25. The molecule has 3 rings (SSSR count). The lowest BCUT2D eigenvalue weighted by Gasteiger charge is -2.05. The quantitative estimate of drug-likeness (QED) is 0.535. The van der Waals surface area contributed by atoms with Gasteiger partial charge in [0.1, 0.15) is 0 Å². The fourth-order valence-electron chi connectivity index (χ4n) is 2.62. The monoisotopic (exact) mass is 301 g/mol. The van der Waals surface area contributed by atoms with E-state index in [0.717, 1.165) is 11.4 Å². The van der Waals surface area contributed by atoms with Crippen molar-refractivity contribution in [3.8, 4) is 5.69 Å². The van der Waals surface area contributed by atoms with Gasteiger partial charge in [0.2, 0.25) is 0 Å². The highest BCUT2D eigenvalue weighted by Crippen LogP contribution is 2.22. The van der Waals surface area contributed by atoms with E-state index >= 15 is 0 Å². The fraction of sp³-hybridized carbons (Fsp3) is 0.105. The number of nitrogens with zero attached hydrogens (tertiary/aromatic N) is 3. The van der Waals surface area contributed by atoms with Gasteiger partial charge in [0.05, 0.1) is 29.2 Å². The van der Waals surface area contributed by atoms with Crippen molar-refractivity contribution < 1.29 is 4.79 Å². The molecule has 112 valence electrons. The molecule has 2 aromatic carbocycles. The van der Waals surface area contributed by atoms with Crippen molar-refractivity contribution in [1.82, 2.24) is 9.78 Å². The molecular formula is C19H15N3O. The molecule has 0 radical (unpaired) electrons. The van der Waals surface area contributed by atoms with E-state index < -0.39 is 0 Å². The maximum absolute atomic E-state index is 12.7. The molecule has 0 unspecified atom stereocenters. The molecule has 0 saturated carbocycles. The fourth-order valence-corrected chi connectivity index (χ4v) is 2.62. The minimum Gasteiger partial charge on any atom is -0.288 e. The third-order valence-electron chi connectivity index (χ3n) is 3.78. The molecular weight excluding hydrogens is 286 g/mol. The molecule has 0 spiro atoms. The van der Waals surface area contributed by atoms with Crippen LogP contribution in [0.1, 0.15) is 27.3 Å². The molecule has 0 N–H and O–H groups in total. The Labute approximate surface area is 134 Å². The number of carbonyl (C=O) groups is 1. The van der Waals surface area contributed by atoms with Gasteiger partial charge >= 0.3 is 0 Å². The standard InChI is InChI=1S/C19H15N3O/c1-13-18(19(23)15-7-5-4-6-8-15)14(2)22(21-13)17-11-9-16(20-3)10-12-17/h4-12H,1-2H3. The Kier molecular flexibility index (Phi) is 3.78. The smallest absolute Gasteiger partial charge is 0.196 e. The molecule has 0 saturated heterocycles. The van der Waals surface area contributed by atoms with Gasteiger partial charge in [-0.3, -0.25) is 4.79 Å². The predicted molar refractivity (Wildman–Crippen MR) is 89.2 cm³/mol. The zero-order chi connectivity index (χ0) is 16.4. The van der Waals surface area contributed by atoms with E-state index in [1.54, 1.807) is 16.8 Å². The number of benzene rings is 2. The van der Waals surface area contributed by atoms with Crippen LogP contribution in [0.3, 0.4) is 0 Å². The number of ketones is 1.